The highest BCUT2D eigenvalue weighted by atomic mass is 32.1. The summed E-state index contributed by atoms with van der Waals surface area (Å²) in [6.45, 7) is 2.45. The first-order valence-electron chi connectivity index (χ1n) is 5.37. The molecule has 8 heteroatoms. The summed E-state index contributed by atoms with van der Waals surface area (Å²) in [5, 5.41) is 2.09. The Bertz CT molecular complexity index is 359. The fraction of sp³-hybridized carbons (Fsp3) is 0.600. The molecule has 0 spiro atoms. The van der Waals surface area contributed by atoms with Crippen molar-refractivity contribution in [3.8, 4) is 0 Å². The van der Waals surface area contributed by atoms with E-state index < -0.39 is 5.91 Å². The van der Waals surface area contributed by atoms with Crippen LogP contribution in [0.25, 0.3) is 0 Å². The number of aromatic nitrogens is 1. The number of ether oxygens (including phenoxy) is 3. The molecular formula is C10H17N3O4S. The molecule has 7 nitrogen and oxygen atoms in total. The lowest BCUT2D eigenvalue weighted by Crippen LogP contribution is -2.29. The Balaban J connectivity index is 2.12. The summed E-state index contributed by atoms with van der Waals surface area (Å²) in [5.74, 6) is 4.61. The van der Waals surface area contributed by atoms with Crippen molar-refractivity contribution in [3.05, 3.63) is 16.1 Å². The second-order valence-corrected chi connectivity index (χ2v) is 4.13. The van der Waals surface area contributed by atoms with E-state index in [1.165, 1.54) is 11.3 Å². The van der Waals surface area contributed by atoms with Gasteiger partial charge in [-0.05, 0) is 0 Å². The van der Waals surface area contributed by atoms with Gasteiger partial charge in [-0.1, -0.05) is 0 Å². The lowest BCUT2D eigenvalue weighted by atomic mass is 10.5. The molecule has 0 unspecified atom stereocenters. The topological polar surface area (TPSA) is 95.7 Å². The van der Waals surface area contributed by atoms with Gasteiger partial charge in [0.05, 0.1) is 38.7 Å². The first-order chi connectivity index (χ1) is 8.77. The maximum atomic E-state index is 11.1. The zero-order valence-corrected chi connectivity index (χ0v) is 11.0. The lowest BCUT2D eigenvalue weighted by molar-refractivity contribution is 0.0193. The van der Waals surface area contributed by atoms with Crippen LogP contribution in [0.5, 0.6) is 0 Å². The van der Waals surface area contributed by atoms with Gasteiger partial charge in [-0.2, -0.15) is 0 Å². The zero-order chi connectivity index (χ0) is 13.2. The molecule has 0 saturated carbocycles. The van der Waals surface area contributed by atoms with Crippen molar-refractivity contribution in [2.45, 2.75) is 6.61 Å². The van der Waals surface area contributed by atoms with E-state index in [1.807, 2.05) is 5.43 Å². The normalized spacial score (nSPS) is 10.6. The second-order valence-electron chi connectivity index (χ2n) is 3.28. The molecule has 0 atom stereocenters. The molecule has 102 valence electrons. The summed E-state index contributed by atoms with van der Waals surface area (Å²) >= 11 is 1.23. The molecule has 0 aliphatic heterocycles. The first-order valence-corrected chi connectivity index (χ1v) is 6.25. The second kappa shape index (κ2) is 8.95. The minimum Gasteiger partial charge on any atom is -0.382 e. The molecule has 18 heavy (non-hydrogen) atoms. The average molecular weight is 275 g/mol. The third-order valence-corrected chi connectivity index (χ3v) is 2.82. The minimum atomic E-state index is -0.394. The summed E-state index contributed by atoms with van der Waals surface area (Å²) in [6, 6.07) is 0. The molecule has 1 amide bonds. The summed E-state index contributed by atoms with van der Waals surface area (Å²) in [7, 11) is 1.62. The predicted octanol–water partition coefficient (Wildman–Crippen LogP) is -0.0738. The minimum absolute atomic E-state index is 0.326. The number of methoxy groups -OCH3 is 1. The third kappa shape index (κ3) is 5.52. The quantitative estimate of drug-likeness (QED) is 0.283. The number of hydrazine groups is 1. The van der Waals surface area contributed by atoms with Gasteiger partial charge in [-0.15, -0.1) is 11.3 Å². The molecule has 0 radical (unpaired) electrons. The molecule has 1 heterocycles. The van der Waals surface area contributed by atoms with Gasteiger partial charge < -0.3 is 14.2 Å². The zero-order valence-electron chi connectivity index (χ0n) is 10.2. The van der Waals surface area contributed by atoms with Crippen LogP contribution < -0.4 is 11.3 Å². The Morgan fingerprint density at radius 2 is 2.11 bits per heavy atom. The number of nitrogen functional groups attached to an aromatic ring is 1. The lowest BCUT2D eigenvalue weighted by Gasteiger charge is -2.03. The Labute approximate surface area is 109 Å². The van der Waals surface area contributed by atoms with Gasteiger partial charge >= 0.3 is 0 Å². The largest absolute Gasteiger partial charge is 0.382 e. The van der Waals surface area contributed by atoms with Crippen molar-refractivity contribution in [3.63, 3.8) is 0 Å². The van der Waals surface area contributed by atoms with Crippen LogP contribution in [0.1, 0.15) is 15.5 Å². The number of rotatable bonds is 9. The molecule has 1 aromatic heterocycles. The fourth-order valence-electron chi connectivity index (χ4n) is 1.08. The van der Waals surface area contributed by atoms with Crippen molar-refractivity contribution in [1.82, 2.24) is 10.4 Å². The molecular weight excluding hydrogens is 258 g/mol. The van der Waals surface area contributed by atoms with E-state index in [0.717, 1.165) is 0 Å². The monoisotopic (exact) mass is 275 g/mol. The number of hydrogen-bond donors (Lipinski definition) is 2. The molecule has 0 fully saturated rings. The van der Waals surface area contributed by atoms with E-state index in [0.29, 0.717) is 43.7 Å². The molecule has 0 aliphatic carbocycles. The van der Waals surface area contributed by atoms with Crippen LogP contribution in [0.3, 0.4) is 0 Å². The van der Waals surface area contributed by atoms with Gasteiger partial charge in [0.15, 0.2) is 5.01 Å². The number of nitrogens with two attached hydrogens (primary N) is 1. The predicted molar refractivity (Wildman–Crippen MR) is 66.1 cm³/mol. The molecule has 3 N–H and O–H groups in total. The number of thiazole rings is 1. The number of nitrogens with zero attached hydrogens (tertiary/aromatic N) is 1. The standard InChI is InChI=1S/C10H17N3O4S/c1-15-2-3-16-4-5-17-6-8-7-18-10(12-8)9(14)13-11/h7H,2-6,11H2,1H3,(H,13,14). The van der Waals surface area contributed by atoms with E-state index >= 15 is 0 Å². The molecule has 1 rings (SSSR count). The smallest absolute Gasteiger partial charge is 0.294 e. The van der Waals surface area contributed by atoms with Crippen LogP contribution in [0.15, 0.2) is 5.38 Å². The van der Waals surface area contributed by atoms with Crippen LogP contribution in [0.2, 0.25) is 0 Å². The number of hydrogen-bond acceptors (Lipinski definition) is 7. The maximum Gasteiger partial charge on any atom is 0.294 e. The van der Waals surface area contributed by atoms with Crippen molar-refractivity contribution >= 4 is 17.2 Å². The average Bonchev–Trinajstić information content (AvgIpc) is 2.85. The maximum absolute atomic E-state index is 11.1. The van der Waals surface area contributed by atoms with Gasteiger partial charge in [-0.25, -0.2) is 10.8 Å². The molecule has 0 aliphatic rings. The first kappa shape index (κ1) is 15.0. The van der Waals surface area contributed by atoms with Crippen LogP contribution in [-0.2, 0) is 20.8 Å². The Morgan fingerprint density at radius 3 is 2.83 bits per heavy atom. The van der Waals surface area contributed by atoms with Gasteiger partial charge in [0.2, 0.25) is 0 Å². The molecule has 1 aromatic rings. The summed E-state index contributed by atoms with van der Waals surface area (Å²) in [6.07, 6.45) is 0. The van der Waals surface area contributed by atoms with Crippen molar-refractivity contribution < 1.29 is 19.0 Å². The Hall–Kier alpha value is -1.06. The van der Waals surface area contributed by atoms with E-state index in [1.54, 1.807) is 12.5 Å². The van der Waals surface area contributed by atoms with Gasteiger partial charge in [0.1, 0.15) is 0 Å². The van der Waals surface area contributed by atoms with Crippen LogP contribution in [-0.4, -0.2) is 44.4 Å². The molecule has 0 bridgehead atoms. The highest BCUT2D eigenvalue weighted by Crippen LogP contribution is 2.10. The van der Waals surface area contributed by atoms with Crippen molar-refractivity contribution in [2.75, 3.05) is 33.5 Å². The van der Waals surface area contributed by atoms with Crippen LogP contribution >= 0.6 is 11.3 Å². The highest BCUT2D eigenvalue weighted by molar-refractivity contribution is 7.11. The molecule has 0 aromatic carbocycles. The van der Waals surface area contributed by atoms with Gasteiger partial charge in [0.25, 0.3) is 5.91 Å². The van der Waals surface area contributed by atoms with E-state index in [2.05, 4.69) is 4.98 Å². The van der Waals surface area contributed by atoms with E-state index in [9.17, 15) is 4.79 Å². The summed E-state index contributed by atoms with van der Waals surface area (Å²) in [5.41, 5.74) is 2.73. The van der Waals surface area contributed by atoms with E-state index in [-0.39, 0.29) is 0 Å². The van der Waals surface area contributed by atoms with Crippen LogP contribution in [0, 0.1) is 0 Å². The third-order valence-electron chi connectivity index (χ3n) is 1.93. The van der Waals surface area contributed by atoms with Crippen molar-refractivity contribution in [1.29, 1.82) is 0 Å². The van der Waals surface area contributed by atoms with E-state index in [4.69, 9.17) is 20.1 Å². The van der Waals surface area contributed by atoms with Gasteiger partial charge in [0, 0.05) is 12.5 Å². The fourth-order valence-corrected chi connectivity index (χ4v) is 1.78. The Morgan fingerprint density at radius 1 is 1.39 bits per heavy atom. The summed E-state index contributed by atoms with van der Waals surface area (Å²) < 4.78 is 15.4. The number of carbonyl (C=O) groups is 1. The number of nitrogens with one attached hydrogen (secondary N) is 1. The SMILES string of the molecule is COCCOCCOCc1csc(C(=O)NN)n1. The number of carbonyl (C=O) groups excluding carboxylic acids is 1. The number of amides is 1. The molecule has 0 saturated heterocycles. The summed E-state index contributed by atoms with van der Waals surface area (Å²) in [4.78, 5) is 15.2. The van der Waals surface area contributed by atoms with Crippen LogP contribution in [0.4, 0.5) is 0 Å². The Kier molecular flexibility index (Phi) is 7.46. The highest BCUT2D eigenvalue weighted by Gasteiger charge is 2.09. The van der Waals surface area contributed by atoms with Crippen molar-refractivity contribution in [2.24, 2.45) is 5.84 Å². The van der Waals surface area contributed by atoms with Gasteiger partial charge in [-0.3, -0.25) is 10.2 Å².